The fourth-order valence-electron chi connectivity index (χ4n) is 2.66. The first-order chi connectivity index (χ1) is 12.0. The number of rotatable bonds is 5. The maximum absolute atomic E-state index is 12.8. The maximum atomic E-state index is 12.8. The van der Waals surface area contributed by atoms with Gasteiger partial charge in [0, 0.05) is 5.41 Å². The molecule has 3 aromatic carbocycles. The molecule has 0 heterocycles. The molecule has 2 nitrogen and oxygen atoms in total. The number of hydrogen-bond acceptors (Lipinski definition) is 2. The smallest absolute Gasteiger partial charge is 0.200 e. The van der Waals surface area contributed by atoms with E-state index in [1.165, 1.54) is 5.41 Å². The number of benzene rings is 3. The summed E-state index contributed by atoms with van der Waals surface area (Å²) in [4.78, 5) is 0.319. The molecule has 126 valence electrons. The minimum Gasteiger partial charge on any atom is -0.219 e. The Labute approximate surface area is 149 Å². The fourth-order valence-corrected chi connectivity index (χ4v) is 3.91. The molecule has 3 heteroatoms. The Morgan fingerprint density at radius 2 is 1.36 bits per heavy atom. The second-order valence-electron chi connectivity index (χ2n) is 6.03. The molecule has 0 aliphatic rings. The predicted octanol–water partition coefficient (Wildman–Crippen LogP) is 5.05. The van der Waals surface area contributed by atoms with E-state index in [0.717, 1.165) is 22.3 Å². The summed E-state index contributed by atoms with van der Waals surface area (Å²) < 4.78 is 25.7. The average Bonchev–Trinajstić information content (AvgIpc) is 2.63. The van der Waals surface area contributed by atoms with Crippen molar-refractivity contribution in [3.63, 3.8) is 0 Å². The van der Waals surface area contributed by atoms with Crippen LogP contribution in [0.4, 0.5) is 0 Å². The summed E-state index contributed by atoms with van der Waals surface area (Å²) in [5.74, 6) is 0. The van der Waals surface area contributed by atoms with Crippen molar-refractivity contribution in [3.05, 3.63) is 107 Å². The van der Waals surface area contributed by atoms with Crippen LogP contribution in [0.2, 0.25) is 0 Å². The number of allylic oxidation sites excluding steroid dienone is 1. The lowest BCUT2D eigenvalue weighted by molar-refractivity contribution is 0.604. The molecule has 0 aliphatic carbocycles. The van der Waals surface area contributed by atoms with Gasteiger partial charge in [-0.15, -0.1) is 0 Å². The molecule has 0 saturated heterocycles. The minimum atomic E-state index is -3.51. The summed E-state index contributed by atoms with van der Waals surface area (Å²) >= 11 is 0. The first-order valence-corrected chi connectivity index (χ1v) is 9.71. The van der Waals surface area contributed by atoms with Crippen LogP contribution in [0, 0.1) is 6.92 Å². The molecule has 25 heavy (non-hydrogen) atoms. The third-order valence-corrected chi connectivity index (χ3v) is 5.55. The Morgan fingerprint density at radius 1 is 0.800 bits per heavy atom. The average molecular weight is 348 g/mol. The van der Waals surface area contributed by atoms with Crippen molar-refractivity contribution in [1.82, 2.24) is 0 Å². The van der Waals surface area contributed by atoms with Crippen LogP contribution in [-0.2, 0) is 16.3 Å². The van der Waals surface area contributed by atoms with Gasteiger partial charge in [0.15, 0.2) is 9.84 Å². The molecule has 0 bridgehead atoms. The van der Waals surface area contributed by atoms with Crippen molar-refractivity contribution in [2.45, 2.75) is 18.2 Å². The molecular weight excluding hydrogens is 328 g/mol. The van der Waals surface area contributed by atoms with Crippen molar-refractivity contribution in [2.75, 3.05) is 0 Å². The summed E-state index contributed by atoms with van der Waals surface area (Å²) in [6, 6.07) is 26.5. The van der Waals surface area contributed by atoms with Gasteiger partial charge in [0.1, 0.15) is 0 Å². The van der Waals surface area contributed by atoms with E-state index >= 15 is 0 Å². The van der Waals surface area contributed by atoms with Crippen molar-refractivity contribution in [2.24, 2.45) is 0 Å². The number of sulfone groups is 1. The van der Waals surface area contributed by atoms with E-state index in [-0.39, 0.29) is 0 Å². The van der Waals surface area contributed by atoms with Crippen LogP contribution >= 0.6 is 0 Å². The van der Waals surface area contributed by atoms with Crippen molar-refractivity contribution in [3.8, 4) is 0 Å². The van der Waals surface area contributed by atoms with Gasteiger partial charge in [-0.05, 0) is 42.2 Å². The minimum absolute atomic E-state index is 0.319. The van der Waals surface area contributed by atoms with Crippen LogP contribution in [0.25, 0.3) is 5.57 Å². The molecule has 3 rings (SSSR count). The van der Waals surface area contributed by atoms with E-state index in [1.807, 2.05) is 79.7 Å². The second-order valence-corrected chi connectivity index (χ2v) is 7.83. The van der Waals surface area contributed by atoms with Gasteiger partial charge in [-0.1, -0.05) is 78.4 Å². The van der Waals surface area contributed by atoms with Gasteiger partial charge in [0.25, 0.3) is 0 Å². The normalized spacial score (nSPS) is 12.1. The standard InChI is InChI=1S/C22H20O2S/c1-18-12-14-22(15-13-18)25(23,24)17-21(20-10-6-3-7-11-20)16-19-8-4-2-5-9-19/h2-15,17H,16H2,1H3/b21-17-. The van der Waals surface area contributed by atoms with E-state index in [1.54, 1.807) is 12.1 Å². The molecule has 0 N–H and O–H groups in total. The summed E-state index contributed by atoms with van der Waals surface area (Å²) in [7, 11) is -3.51. The molecular formula is C22H20O2S. The first kappa shape index (κ1) is 17.2. The predicted molar refractivity (Wildman–Crippen MR) is 103 cm³/mol. The maximum Gasteiger partial charge on any atom is 0.200 e. The molecule has 0 amide bonds. The van der Waals surface area contributed by atoms with Gasteiger partial charge in [0.2, 0.25) is 0 Å². The van der Waals surface area contributed by atoms with Crippen molar-refractivity contribution in [1.29, 1.82) is 0 Å². The SMILES string of the molecule is Cc1ccc(S(=O)(=O)/C=C(/Cc2ccccc2)c2ccccc2)cc1. The largest absolute Gasteiger partial charge is 0.219 e. The highest BCUT2D eigenvalue weighted by atomic mass is 32.2. The summed E-state index contributed by atoms with van der Waals surface area (Å²) in [6.07, 6.45) is 0.565. The molecule has 3 aromatic rings. The molecule has 0 saturated carbocycles. The Kier molecular flexibility index (Phi) is 5.15. The van der Waals surface area contributed by atoms with Crippen LogP contribution in [0.3, 0.4) is 0 Å². The van der Waals surface area contributed by atoms with E-state index in [4.69, 9.17) is 0 Å². The van der Waals surface area contributed by atoms with Gasteiger partial charge in [0.05, 0.1) is 4.90 Å². The van der Waals surface area contributed by atoms with Crippen LogP contribution in [0.15, 0.2) is 95.2 Å². The third kappa shape index (κ3) is 4.46. The lowest BCUT2D eigenvalue weighted by atomic mass is 10.00. The lowest BCUT2D eigenvalue weighted by Gasteiger charge is -2.09. The monoisotopic (exact) mass is 348 g/mol. The highest BCUT2D eigenvalue weighted by Gasteiger charge is 2.14. The molecule has 0 radical (unpaired) electrons. The van der Waals surface area contributed by atoms with Crippen LogP contribution in [-0.4, -0.2) is 8.42 Å². The molecule has 0 fully saturated rings. The van der Waals surface area contributed by atoms with E-state index in [0.29, 0.717) is 11.3 Å². The van der Waals surface area contributed by atoms with Crippen molar-refractivity contribution < 1.29 is 8.42 Å². The zero-order valence-electron chi connectivity index (χ0n) is 14.1. The van der Waals surface area contributed by atoms with Crippen LogP contribution in [0.1, 0.15) is 16.7 Å². The Hall–Kier alpha value is -2.65. The topological polar surface area (TPSA) is 34.1 Å². The van der Waals surface area contributed by atoms with Gasteiger partial charge >= 0.3 is 0 Å². The Bertz CT molecular complexity index is 956. The van der Waals surface area contributed by atoms with Gasteiger partial charge < -0.3 is 0 Å². The Balaban J connectivity index is 2.04. The summed E-state index contributed by atoms with van der Waals surface area (Å²) in [6.45, 7) is 1.94. The summed E-state index contributed by atoms with van der Waals surface area (Å²) in [5, 5.41) is 1.40. The van der Waals surface area contributed by atoms with Crippen LogP contribution in [0.5, 0.6) is 0 Å². The van der Waals surface area contributed by atoms with E-state index in [2.05, 4.69) is 0 Å². The second kappa shape index (κ2) is 7.49. The number of hydrogen-bond donors (Lipinski definition) is 0. The van der Waals surface area contributed by atoms with Crippen molar-refractivity contribution >= 4 is 15.4 Å². The lowest BCUT2D eigenvalue weighted by Crippen LogP contribution is -2.00. The highest BCUT2D eigenvalue weighted by Crippen LogP contribution is 2.24. The first-order valence-electron chi connectivity index (χ1n) is 8.16. The number of aryl methyl sites for hydroxylation is 1. The van der Waals surface area contributed by atoms with Gasteiger partial charge in [-0.25, -0.2) is 8.42 Å². The van der Waals surface area contributed by atoms with E-state index in [9.17, 15) is 8.42 Å². The Morgan fingerprint density at radius 3 is 1.96 bits per heavy atom. The third-order valence-electron chi connectivity index (χ3n) is 4.03. The molecule has 0 spiro atoms. The fraction of sp³-hybridized carbons (Fsp3) is 0.0909. The molecule has 0 unspecified atom stereocenters. The van der Waals surface area contributed by atoms with E-state index < -0.39 is 9.84 Å². The molecule has 0 aliphatic heterocycles. The van der Waals surface area contributed by atoms with Gasteiger partial charge in [-0.3, -0.25) is 0 Å². The molecule has 0 aromatic heterocycles. The zero-order chi connectivity index (χ0) is 17.7. The molecule has 0 atom stereocenters. The van der Waals surface area contributed by atoms with Gasteiger partial charge in [-0.2, -0.15) is 0 Å². The van der Waals surface area contributed by atoms with Crippen LogP contribution < -0.4 is 0 Å². The quantitative estimate of drug-likeness (QED) is 0.646. The highest BCUT2D eigenvalue weighted by molar-refractivity contribution is 7.94. The zero-order valence-corrected chi connectivity index (χ0v) is 14.9. The summed E-state index contributed by atoms with van der Waals surface area (Å²) in [5.41, 5.74) is 3.82.